The topological polar surface area (TPSA) is 56.1 Å². The lowest BCUT2D eigenvalue weighted by Crippen LogP contribution is -2.26. The van der Waals surface area contributed by atoms with Crippen molar-refractivity contribution in [2.24, 2.45) is 0 Å². The fourth-order valence-electron chi connectivity index (χ4n) is 4.07. The van der Waals surface area contributed by atoms with E-state index in [0.29, 0.717) is 25.1 Å². The van der Waals surface area contributed by atoms with E-state index in [2.05, 4.69) is 28.6 Å². The Labute approximate surface area is 201 Å². The van der Waals surface area contributed by atoms with Crippen LogP contribution < -0.4 is 10.1 Å². The lowest BCUT2D eigenvalue weighted by atomic mass is 10.1. The summed E-state index contributed by atoms with van der Waals surface area (Å²) in [7, 11) is 0. The number of unbranched alkanes of at least 4 members (excludes halogenated alkanes) is 1. The van der Waals surface area contributed by atoms with Crippen LogP contribution in [0.5, 0.6) is 5.75 Å². The van der Waals surface area contributed by atoms with Gasteiger partial charge in [0.2, 0.25) is 0 Å². The number of nitrogens with one attached hydrogen (secondary N) is 1. The van der Waals surface area contributed by atoms with Gasteiger partial charge >= 0.3 is 0 Å². The van der Waals surface area contributed by atoms with E-state index in [0.717, 1.165) is 54.0 Å². The van der Waals surface area contributed by atoms with Gasteiger partial charge in [0.25, 0.3) is 5.91 Å². The van der Waals surface area contributed by atoms with Crippen LogP contribution in [0.4, 0.5) is 0 Å². The second kappa shape index (κ2) is 11.8. The number of hydrogen-bond acceptors (Lipinski definition) is 3. The first-order chi connectivity index (χ1) is 16.8. The molecule has 1 amide bonds. The zero-order valence-electron chi connectivity index (χ0n) is 19.5. The molecule has 0 saturated carbocycles. The van der Waals surface area contributed by atoms with Crippen molar-refractivity contribution in [1.29, 1.82) is 0 Å². The van der Waals surface area contributed by atoms with Crippen LogP contribution >= 0.6 is 0 Å². The molecule has 0 unspecified atom stereocenters. The average molecular weight is 454 g/mol. The first-order valence-electron chi connectivity index (χ1n) is 11.9. The molecule has 0 aliphatic carbocycles. The molecule has 0 atom stereocenters. The van der Waals surface area contributed by atoms with E-state index in [1.807, 2.05) is 72.8 Å². The maximum absolute atomic E-state index is 12.4. The Hall–Kier alpha value is -3.86. The number of rotatable bonds is 12. The molecule has 4 rings (SSSR count). The molecule has 0 fully saturated rings. The summed E-state index contributed by atoms with van der Waals surface area (Å²) >= 11 is 0. The maximum atomic E-state index is 12.4. The van der Waals surface area contributed by atoms with Crippen LogP contribution in [0.1, 0.15) is 34.6 Å². The van der Waals surface area contributed by atoms with Gasteiger partial charge in [-0.1, -0.05) is 54.6 Å². The number of imidazole rings is 1. The molecule has 3 aromatic carbocycles. The molecule has 1 heterocycles. The number of nitrogens with zero attached hydrogens (tertiary/aromatic N) is 2. The minimum Gasteiger partial charge on any atom is -0.493 e. The summed E-state index contributed by atoms with van der Waals surface area (Å²) in [5, 5.41) is 3.01. The van der Waals surface area contributed by atoms with Gasteiger partial charge in [-0.3, -0.25) is 4.79 Å². The molecule has 0 bridgehead atoms. The van der Waals surface area contributed by atoms with Gasteiger partial charge in [0.15, 0.2) is 0 Å². The van der Waals surface area contributed by atoms with Gasteiger partial charge in [0.05, 0.1) is 17.6 Å². The number of ether oxygens (including phenoxy) is 1. The Kier molecular flexibility index (Phi) is 8.12. The molecule has 0 aliphatic rings. The van der Waals surface area contributed by atoms with E-state index in [4.69, 9.17) is 9.72 Å². The van der Waals surface area contributed by atoms with Crippen molar-refractivity contribution in [2.45, 2.75) is 32.2 Å². The molecule has 4 aromatic rings. The number of carbonyl (C=O) groups excluding carboxylic acids is 1. The van der Waals surface area contributed by atoms with Crippen molar-refractivity contribution >= 4 is 16.9 Å². The molecule has 0 saturated heterocycles. The predicted octanol–water partition coefficient (Wildman–Crippen LogP) is 5.60. The van der Waals surface area contributed by atoms with Gasteiger partial charge in [0.1, 0.15) is 11.6 Å². The van der Waals surface area contributed by atoms with Gasteiger partial charge in [-0.15, -0.1) is 6.58 Å². The summed E-state index contributed by atoms with van der Waals surface area (Å²) in [5.74, 6) is 1.87. The van der Waals surface area contributed by atoms with E-state index in [9.17, 15) is 4.79 Å². The molecule has 174 valence electrons. The maximum Gasteiger partial charge on any atom is 0.251 e. The molecular formula is C29H31N3O2. The Morgan fingerprint density at radius 3 is 2.59 bits per heavy atom. The summed E-state index contributed by atoms with van der Waals surface area (Å²) in [6, 6.07) is 25.6. The SMILES string of the molecule is C=CCc1ccccc1OCCCCn1c(CCNC(=O)c2ccccc2)nc2ccccc21. The van der Waals surface area contributed by atoms with Crippen molar-refractivity contribution in [3.8, 4) is 5.75 Å². The fraction of sp³-hybridized carbons (Fsp3) is 0.241. The Bertz CT molecular complexity index is 1230. The summed E-state index contributed by atoms with van der Waals surface area (Å²) in [5.41, 5.74) is 3.95. The Balaban J connectivity index is 1.33. The first-order valence-corrected chi connectivity index (χ1v) is 11.9. The third-order valence-electron chi connectivity index (χ3n) is 5.77. The normalized spacial score (nSPS) is 10.8. The average Bonchev–Trinajstić information content (AvgIpc) is 3.22. The van der Waals surface area contributed by atoms with E-state index in [-0.39, 0.29) is 5.91 Å². The number of allylic oxidation sites excluding steroid dienone is 1. The lowest BCUT2D eigenvalue weighted by Gasteiger charge is -2.12. The number of amides is 1. The van der Waals surface area contributed by atoms with Crippen LogP contribution in [-0.2, 0) is 19.4 Å². The quantitative estimate of drug-likeness (QED) is 0.224. The van der Waals surface area contributed by atoms with Gasteiger partial charge in [-0.2, -0.15) is 0 Å². The summed E-state index contributed by atoms with van der Waals surface area (Å²) in [6.07, 6.45) is 5.31. The molecule has 0 spiro atoms. The first kappa shape index (κ1) is 23.3. The molecule has 5 heteroatoms. The number of para-hydroxylation sites is 3. The van der Waals surface area contributed by atoms with Crippen LogP contribution in [0.25, 0.3) is 11.0 Å². The monoisotopic (exact) mass is 453 g/mol. The van der Waals surface area contributed by atoms with Crippen molar-refractivity contribution in [3.63, 3.8) is 0 Å². The number of aryl methyl sites for hydroxylation is 1. The molecule has 0 radical (unpaired) electrons. The van der Waals surface area contributed by atoms with Gasteiger partial charge in [-0.25, -0.2) is 4.98 Å². The zero-order valence-corrected chi connectivity index (χ0v) is 19.5. The molecular weight excluding hydrogens is 422 g/mol. The zero-order chi connectivity index (χ0) is 23.6. The summed E-state index contributed by atoms with van der Waals surface area (Å²) < 4.78 is 8.31. The van der Waals surface area contributed by atoms with E-state index < -0.39 is 0 Å². The number of fused-ring (bicyclic) bond motifs is 1. The summed E-state index contributed by atoms with van der Waals surface area (Å²) in [6.45, 7) is 5.90. The highest BCUT2D eigenvalue weighted by Gasteiger charge is 2.11. The molecule has 5 nitrogen and oxygen atoms in total. The third-order valence-corrected chi connectivity index (χ3v) is 5.77. The van der Waals surface area contributed by atoms with E-state index in [1.165, 1.54) is 0 Å². The smallest absolute Gasteiger partial charge is 0.251 e. The highest BCUT2D eigenvalue weighted by molar-refractivity contribution is 5.94. The van der Waals surface area contributed by atoms with Crippen LogP contribution in [-0.4, -0.2) is 28.6 Å². The molecule has 0 aliphatic heterocycles. The number of hydrogen-bond donors (Lipinski definition) is 1. The van der Waals surface area contributed by atoms with E-state index >= 15 is 0 Å². The third kappa shape index (κ3) is 5.93. The largest absolute Gasteiger partial charge is 0.493 e. The highest BCUT2D eigenvalue weighted by Crippen LogP contribution is 2.20. The van der Waals surface area contributed by atoms with Crippen molar-refractivity contribution < 1.29 is 9.53 Å². The standard InChI is InChI=1S/C29H31N3O2/c1-2-12-23-13-6-9-18-27(23)34-22-11-10-21-32-26-17-8-7-16-25(26)31-28(32)19-20-30-29(33)24-14-4-3-5-15-24/h2-9,13-18H,1,10-12,19-22H2,(H,30,33). The van der Waals surface area contributed by atoms with Gasteiger partial charge in [-0.05, 0) is 55.2 Å². The van der Waals surface area contributed by atoms with Crippen LogP contribution in [0.2, 0.25) is 0 Å². The summed E-state index contributed by atoms with van der Waals surface area (Å²) in [4.78, 5) is 17.2. The van der Waals surface area contributed by atoms with Gasteiger partial charge in [0, 0.05) is 25.1 Å². The number of benzene rings is 3. The van der Waals surface area contributed by atoms with Crippen LogP contribution in [0.15, 0.2) is 91.5 Å². The highest BCUT2D eigenvalue weighted by atomic mass is 16.5. The van der Waals surface area contributed by atoms with Crippen molar-refractivity contribution in [1.82, 2.24) is 14.9 Å². The predicted molar refractivity (Wildman–Crippen MR) is 137 cm³/mol. The van der Waals surface area contributed by atoms with Crippen molar-refractivity contribution in [2.75, 3.05) is 13.2 Å². The number of aromatic nitrogens is 2. The molecule has 1 N–H and O–H groups in total. The lowest BCUT2D eigenvalue weighted by molar-refractivity contribution is 0.0954. The Morgan fingerprint density at radius 2 is 1.74 bits per heavy atom. The van der Waals surface area contributed by atoms with Crippen LogP contribution in [0.3, 0.4) is 0 Å². The van der Waals surface area contributed by atoms with Crippen molar-refractivity contribution in [3.05, 3.63) is 108 Å². The van der Waals surface area contributed by atoms with Gasteiger partial charge < -0.3 is 14.6 Å². The molecule has 1 aromatic heterocycles. The number of carbonyl (C=O) groups is 1. The fourth-order valence-corrected chi connectivity index (χ4v) is 4.07. The Morgan fingerprint density at radius 1 is 0.971 bits per heavy atom. The van der Waals surface area contributed by atoms with Crippen LogP contribution in [0, 0.1) is 0 Å². The van der Waals surface area contributed by atoms with E-state index in [1.54, 1.807) is 0 Å². The minimum absolute atomic E-state index is 0.0582. The molecule has 34 heavy (non-hydrogen) atoms. The minimum atomic E-state index is -0.0582. The second-order valence-electron chi connectivity index (χ2n) is 8.20. The second-order valence-corrected chi connectivity index (χ2v) is 8.20.